The van der Waals surface area contributed by atoms with E-state index in [-0.39, 0.29) is 11.3 Å². The van der Waals surface area contributed by atoms with E-state index in [0.717, 1.165) is 41.1 Å². The average Bonchev–Trinajstić information content (AvgIpc) is 2.67. The first-order valence-corrected chi connectivity index (χ1v) is 7.23. The van der Waals surface area contributed by atoms with Crippen LogP contribution in [0.4, 0.5) is 5.69 Å². The van der Waals surface area contributed by atoms with Gasteiger partial charge in [-0.25, -0.2) is 0 Å². The lowest BCUT2D eigenvalue weighted by atomic mass is 9.96. The zero-order valence-corrected chi connectivity index (χ0v) is 11.8. The summed E-state index contributed by atoms with van der Waals surface area (Å²) in [4.78, 5) is 19.8. The fourth-order valence-electron chi connectivity index (χ4n) is 2.97. The maximum atomic E-state index is 12.3. The molecule has 3 aliphatic rings. The number of nitrogens with zero attached hydrogens (tertiary/aromatic N) is 1. The first-order valence-electron chi connectivity index (χ1n) is 7.23. The molecule has 22 heavy (non-hydrogen) atoms. The van der Waals surface area contributed by atoms with Crippen LogP contribution < -0.4 is 5.56 Å². The average molecular weight is 290 g/mol. The van der Waals surface area contributed by atoms with Crippen molar-refractivity contribution in [3.8, 4) is 17.0 Å². The first kappa shape index (κ1) is 12.8. The molecule has 108 valence electrons. The Morgan fingerprint density at radius 2 is 1.91 bits per heavy atom. The summed E-state index contributed by atoms with van der Waals surface area (Å²) in [5.41, 5.74) is 4.85. The molecule has 0 saturated heterocycles. The molecule has 0 spiro atoms. The Morgan fingerprint density at radius 1 is 1.05 bits per heavy atom. The molecule has 0 unspecified atom stereocenters. The molecule has 4 rings (SSSR count). The Balaban J connectivity index is 1.91. The summed E-state index contributed by atoms with van der Waals surface area (Å²) in [6, 6.07) is 14.8. The highest BCUT2D eigenvalue weighted by atomic mass is 16.3. The zero-order valence-electron chi connectivity index (χ0n) is 11.8. The Labute approximate surface area is 127 Å². The molecular weight excluding hydrogens is 276 g/mol. The number of phenols is 1. The van der Waals surface area contributed by atoms with Crippen LogP contribution in [0, 0.1) is 0 Å². The van der Waals surface area contributed by atoms with Crippen LogP contribution in [0.25, 0.3) is 11.3 Å². The zero-order chi connectivity index (χ0) is 15.1. The Hall–Kier alpha value is -2.88. The topological polar surface area (TPSA) is 65.5 Å². The van der Waals surface area contributed by atoms with Gasteiger partial charge in [-0.15, -0.1) is 0 Å². The molecule has 0 bridgehead atoms. The van der Waals surface area contributed by atoms with Gasteiger partial charge in [0.25, 0.3) is 5.56 Å². The van der Waals surface area contributed by atoms with Crippen LogP contribution in [0.15, 0.2) is 58.3 Å². The van der Waals surface area contributed by atoms with Crippen LogP contribution in [-0.4, -0.2) is 15.8 Å². The molecule has 1 aromatic carbocycles. The van der Waals surface area contributed by atoms with Crippen molar-refractivity contribution in [1.29, 1.82) is 0 Å². The quantitative estimate of drug-likeness (QED) is 0.722. The van der Waals surface area contributed by atoms with Crippen LogP contribution in [0.3, 0.4) is 0 Å². The molecular formula is C18H14N2O2. The smallest absolute Gasteiger partial charge is 0.258 e. The third kappa shape index (κ3) is 2.00. The molecule has 1 aliphatic carbocycles. The van der Waals surface area contributed by atoms with Crippen molar-refractivity contribution in [3.63, 3.8) is 0 Å². The number of aryl methyl sites for hydroxylation is 1. The standard InChI is InChI=1S/C18H14N2O2/c21-12-8-6-11-7-9-15(19-16(11)10-12)17-13-4-2-1-3-5-14(13)20-18(17)22/h1-6,8,10,21H,7,9H2,(H,20,22). The number of aliphatic imine (C=N–C) groups is 1. The predicted octanol–water partition coefficient (Wildman–Crippen LogP) is 3.25. The van der Waals surface area contributed by atoms with Gasteiger partial charge in [-0.05, 0) is 30.5 Å². The summed E-state index contributed by atoms with van der Waals surface area (Å²) in [7, 11) is 0. The van der Waals surface area contributed by atoms with Gasteiger partial charge in [-0.3, -0.25) is 9.79 Å². The number of hydrogen-bond donors (Lipinski definition) is 2. The Bertz CT molecular complexity index is 924. The van der Waals surface area contributed by atoms with Gasteiger partial charge >= 0.3 is 0 Å². The maximum Gasteiger partial charge on any atom is 0.258 e. The molecule has 0 saturated carbocycles. The molecule has 2 heterocycles. The van der Waals surface area contributed by atoms with E-state index in [1.165, 1.54) is 0 Å². The first-order chi connectivity index (χ1) is 10.7. The molecule has 4 heteroatoms. The van der Waals surface area contributed by atoms with Gasteiger partial charge < -0.3 is 10.1 Å². The maximum absolute atomic E-state index is 12.3. The van der Waals surface area contributed by atoms with Crippen LogP contribution in [0.1, 0.15) is 17.5 Å². The number of aromatic nitrogens is 1. The van der Waals surface area contributed by atoms with E-state index in [1.54, 1.807) is 12.1 Å². The van der Waals surface area contributed by atoms with Gasteiger partial charge in [0.2, 0.25) is 0 Å². The van der Waals surface area contributed by atoms with Crippen LogP contribution in [-0.2, 0) is 6.42 Å². The number of H-pyrrole nitrogens is 1. The number of fused-ring (bicyclic) bond motifs is 2. The second-order valence-electron chi connectivity index (χ2n) is 5.44. The van der Waals surface area contributed by atoms with Crippen LogP contribution in [0.5, 0.6) is 5.75 Å². The molecule has 0 atom stereocenters. The van der Waals surface area contributed by atoms with Gasteiger partial charge in [0.05, 0.1) is 17.0 Å². The molecule has 1 aromatic rings. The van der Waals surface area contributed by atoms with E-state index in [1.807, 2.05) is 36.4 Å². The number of aromatic amines is 1. The monoisotopic (exact) mass is 290 g/mol. The van der Waals surface area contributed by atoms with E-state index >= 15 is 0 Å². The van der Waals surface area contributed by atoms with Crippen molar-refractivity contribution in [2.45, 2.75) is 12.8 Å². The highest BCUT2D eigenvalue weighted by Crippen LogP contribution is 2.32. The van der Waals surface area contributed by atoms with Gasteiger partial charge in [0.1, 0.15) is 5.75 Å². The lowest BCUT2D eigenvalue weighted by molar-refractivity contribution is 0.475. The summed E-state index contributed by atoms with van der Waals surface area (Å²) in [6.45, 7) is 0. The van der Waals surface area contributed by atoms with Crippen LogP contribution >= 0.6 is 0 Å². The predicted molar refractivity (Wildman–Crippen MR) is 86.3 cm³/mol. The summed E-state index contributed by atoms with van der Waals surface area (Å²) in [5, 5.41) is 9.63. The van der Waals surface area contributed by atoms with Gasteiger partial charge in [0, 0.05) is 17.3 Å². The van der Waals surface area contributed by atoms with Gasteiger partial charge in [-0.2, -0.15) is 0 Å². The molecule has 0 amide bonds. The number of aromatic hydroxyl groups is 1. The van der Waals surface area contributed by atoms with E-state index in [0.29, 0.717) is 5.56 Å². The van der Waals surface area contributed by atoms with Crippen molar-refractivity contribution in [2.24, 2.45) is 4.99 Å². The second-order valence-corrected chi connectivity index (χ2v) is 5.44. The third-order valence-electron chi connectivity index (χ3n) is 4.03. The number of nitrogens with one attached hydrogen (secondary N) is 1. The normalized spacial score (nSPS) is 13.7. The SMILES string of the molecule is O=c1[nH]c2cccccc-2c1C1=Nc2cc(O)ccc2CC1. The molecule has 4 nitrogen and oxygen atoms in total. The lowest BCUT2D eigenvalue weighted by Crippen LogP contribution is -2.16. The van der Waals surface area contributed by atoms with Crippen LogP contribution in [0.2, 0.25) is 0 Å². The largest absolute Gasteiger partial charge is 0.508 e. The van der Waals surface area contributed by atoms with E-state index < -0.39 is 0 Å². The van der Waals surface area contributed by atoms with Crippen molar-refractivity contribution in [3.05, 3.63) is 70.0 Å². The minimum atomic E-state index is -0.108. The number of rotatable bonds is 1. The summed E-state index contributed by atoms with van der Waals surface area (Å²) < 4.78 is 0. The Kier molecular flexibility index (Phi) is 2.82. The Morgan fingerprint density at radius 3 is 2.82 bits per heavy atom. The van der Waals surface area contributed by atoms with Crippen molar-refractivity contribution >= 4 is 11.4 Å². The second kappa shape index (κ2) is 4.84. The highest BCUT2D eigenvalue weighted by molar-refractivity contribution is 6.08. The molecule has 0 aromatic heterocycles. The number of benzene rings is 1. The van der Waals surface area contributed by atoms with Gasteiger partial charge in [0.15, 0.2) is 0 Å². The highest BCUT2D eigenvalue weighted by Gasteiger charge is 2.22. The lowest BCUT2D eigenvalue weighted by Gasteiger charge is -2.15. The number of phenolic OH excluding ortho intramolecular Hbond substituents is 1. The number of hydrogen-bond acceptors (Lipinski definition) is 3. The summed E-state index contributed by atoms with van der Waals surface area (Å²) in [5.74, 6) is 0.191. The molecule has 0 radical (unpaired) electrons. The molecule has 2 N–H and O–H groups in total. The van der Waals surface area contributed by atoms with E-state index in [9.17, 15) is 9.90 Å². The fraction of sp³-hybridized carbons (Fsp3) is 0.111. The fourth-order valence-corrected chi connectivity index (χ4v) is 2.97. The van der Waals surface area contributed by atoms with E-state index in [2.05, 4.69) is 9.98 Å². The van der Waals surface area contributed by atoms with Gasteiger partial charge in [-0.1, -0.05) is 30.3 Å². The minimum Gasteiger partial charge on any atom is -0.508 e. The summed E-state index contributed by atoms with van der Waals surface area (Å²) >= 11 is 0. The minimum absolute atomic E-state index is 0.108. The molecule has 2 aliphatic heterocycles. The molecule has 0 fully saturated rings. The van der Waals surface area contributed by atoms with Crippen molar-refractivity contribution in [1.82, 2.24) is 4.98 Å². The van der Waals surface area contributed by atoms with Crippen molar-refractivity contribution < 1.29 is 5.11 Å². The summed E-state index contributed by atoms with van der Waals surface area (Å²) in [6.07, 6.45) is 1.54. The van der Waals surface area contributed by atoms with Crippen molar-refractivity contribution in [2.75, 3.05) is 0 Å². The van der Waals surface area contributed by atoms with E-state index in [4.69, 9.17) is 0 Å². The third-order valence-corrected chi connectivity index (χ3v) is 4.03.